The molecule has 1 aromatic heterocycles. The standard InChI is InChI=1S/C38H36Cl2N6O4/c1-25-14-15-26-8-7-13-33(36(26)42-25)50-24-30-31(39)16-17-32(35(30)40)44(2)34(47)23-41-38(49)43-28-10-6-9-27(22-28)37(48)46-20-18-45(19-21-46)29-11-4-3-5-12-29/h3-17,22H,18-21,23-24H2,1-2H3,(H2,41,43,49). The van der Waals surface area contributed by atoms with Gasteiger partial charge in [0.05, 0.1) is 17.3 Å². The molecule has 12 heteroatoms. The fraction of sp³-hybridized carbons (Fsp3) is 0.211. The highest BCUT2D eigenvalue weighted by Crippen LogP contribution is 2.35. The average molecular weight is 712 g/mol. The number of urea groups is 1. The molecule has 50 heavy (non-hydrogen) atoms. The van der Waals surface area contributed by atoms with Gasteiger partial charge in [-0.05, 0) is 61.5 Å². The van der Waals surface area contributed by atoms with Crippen molar-refractivity contribution in [2.45, 2.75) is 13.5 Å². The van der Waals surface area contributed by atoms with E-state index < -0.39 is 11.9 Å². The number of hydrogen-bond acceptors (Lipinski definition) is 6. The third-order valence-corrected chi connectivity index (χ3v) is 9.33. The molecule has 0 bridgehead atoms. The zero-order valence-electron chi connectivity index (χ0n) is 27.7. The van der Waals surface area contributed by atoms with Crippen molar-refractivity contribution in [3.05, 3.63) is 124 Å². The van der Waals surface area contributed by atoms with Gasteiger partial charge in [-0.3, -0.25) is 9.59 Å². The Morgan fingerprint density at radius 3 is 2.42 bits per heavy atom. The molecule has 6 rings (SSSR count). The Morgan fingerprint density at radius 2 is 1.64 bits per heavy atom. The molecule has 4 aromatic carbocycles. The van der Waals surface area contributed by atoms with Gasteiger partial charge in [0.15, 0.2) is 0 Å². The van der Waals surface area contributed by atoms with E-state index in [0.29, 0.717) is 46.4 Å². The van der Waals surface area contributed by atoms with Crippen LogP contribution in [0, 0.1) is 6.92 Å². The number of anilines is 3. The number of nitrogens with one attached hydrogen (secondary N) is 2. The first-order valence-corrected chi connectivity index (χ1v) is 16.9. The smallest absolute Gasteiger partial charge is 0.319 e. The molecule has 1 aliphatic rings. The third-order valence-electron chi connectivity index (χ3n) is 8.55. The largest absolute Gasteiger partial charge is 0.487 e. The van der Waals surface area contributed by atoms with E-state index in [2.05, 4.69) is 32.7 Å². The lowest BCUT2D eigenvalue weighted by Gasteiger charge is -2.36. The van der Waals surface area contributed by atoms with Crippen molar-refractivity contribution >= 4 is 69.0 Å². The average Bonchev–Trinajstić information content (AvgIpc) is 3.14. The number of hydrogen-bond donors (Lipinski definition) is 2. The predicted octanol–water partition coefficient (Wildman–Crippen LogP) is 7.18. The first kappa shape index (κ1) is 34.5. The van der Waals surface area contributed by atoms with E-state index >= 15 is 0 Å². The Bertz CT molecular complexity index is 2040. The maximum absolute atomic E-state index is 13.3. The van der Waals surface area contributed by atoms with Crippen molar-refractivity contribution in [3.63, 3.8) is 0 Å². The van der Waals surface area contributed by atoms with Crippen molar-refractivity contribution in [2.24, 2.45) is 0 Å². The second kappa shape index (κ2) is 15.5. The van der Waals surface area contributed by atoms with Gasteiger partial charge in [0.2, 0.25) is 5.91 Å². The van der Waals surface area contributed by atoms with Crippen molar-refractivity contribution in [2.75, 3.05) is 54.9 Å². The minimum Gasteiger partial charge on any atom is -0.487 e. The summed E-state index contributed by atoms with van der Waals surface area (Å²) in [6.07, 6.45) is 0. The van der Waals surface area contributed by atoms with Crippen LogP contribution in [0.25, 0.3) is 10.9 Å². The van der Waals surface area contributed by atoms with Crippen LogP contribution in [0.15, 0.2) is 97.1 Å². The van der Waals surface area contributed by atoms with Crippen LogP contribution in [0.1, 0.15) is 21.6 Å². The summed E-state index contributed by atoms with van der Waals surface area (Å²) in [5.74, 6) is 0.0653. The zero-order chi connectivity index (χ0) is 35.2. The number of pyridine rings is 1. The van der Waals surface area contributed by atoms with Crippen LogP contribution in [0.3, 0.4) is 0 Å². The number of ether oxygens (including phenoxy) is 1. The number of aromatic nitrogens is 1. The minimum atomic E-state index is -0.594. The maximum Gasteiger partial charge on any atom is 0.319 e. The summed E-state index contributed by atoms with van der Waals surface area (Å²) in [6.45, 7) is 4.31. The molecule has 4 amide bonds. The maximum atomic E-state index is 13.3. The van der Waals surface area contributed by atoms with Crippen molar-refractivity contribution in [3.8, 4) is 5.75 Å². The molecule has 2 heterocycles. The Balaban J connectivity index is 1.03. The summed E-state index contributed by atoms with van der Waals surface area (Å²) in [5, 5.41) is 6.88. The summed E-state index contributed by atoms with van der Waals surface area (Å²) in [5.41, 5.74) is 4.54. The fourth-order valence-corrected chi connectivity index (χ4v) is 6.37. The molecule has 1 saturated heterocycles. The van der Waals surface area contributed by atoms with Crippen molar-refractivity contribution < 1.29 is 19.1 Å². The molecule has 5 aromatic rings. The van der Waals surface area contributed by atoms with E-state index in [0.717, 1.165) is 35.4 Å². The Hall–Kier alpha value is -5.32. The second-order valence-corrected chi connectivity index (χ2v) is 12.7. The minimum absolute atomic E-state index is 0.0500. The van der Waals surface area contributed by atoms with Crippen LogP contribution in [0.4, 0.5) is 21.9 Å². The zero-order valence-corrected chi connectivity index (χ0v) is 29.2. The lowest BCUT2D eigenvalue weighted by molar-refractivity contribution is -0.117. The van der Waals surface area contributed by atoms with Crippen LogP contribution in [0.5, 0.6) is 5.75 Å². The van der Waals surface area contributed by atoms with Crippen molar-refractivity contribution in [1.82, 2.24) is 15.2 Å². The van der Waals surface area contributed by atoms with E-state index in [1.165, 1.54) is 4.90 Å². The topological polar surface area (TPSA) is 107 Å². The predicted molar refractivity (Wildman–Crippen MR) is 199 cm³/mol. The monoisotopic (exact) mass is 710 g/mol. The fourth-order valence-electron chi connectivity index (χ4n) is 5.76. The summed E-state index contributed by atoms with van der Waals surface area (Å²) < 4.78 is 6.11. The first-order chi connectivity index (χ1) is 24.2. The van der Waals surface area contributed by atoms with Crippen LogP contribution in [-0.2, 0) is 11.4 Å². The summed E-state index contributed by atoms with van der Waals surface area (Å²) in [4.78, 5) is 49.2. The van der Waals surface area contributed by atoms with Crippen LogP contribution >= 0.6 is 23.2 Å². The Labute approximate surface area is 300 Å². The van der Waals surface area contributed by atoms with Crippen LogP contribution in [-0.4, -0.2) is 67.5 Å². The Morgan fingerprint density at radius 1 is 0.880 bits per heavy atom. The van der Waals surface area contributed by atoms with E-state index in [-0.39, 0.29) is 24.1 Å². The summed E-state index contributed by atoms with van der Waals surface area (Å²) in [6, 6.07) is 29.2. The quantitative estimate of drug-likeness (QED) is 0.168. The molecule has 2 N–H and O–H groups in total. The number of amides is 4. The number of carbonyl (C=O) groups excluding carboxylic acids is 3. The lowest BCUT2D eigenvalue weighted by atomic mass is 10.1. The van der Waals surface area contributed by atoms with Gasteiger partial charge in [-0.25, -0.2) is 9.78 Å². The van der Waals surface area contributed by atoms with Gasteiger partial charge in [-0.2, -0.15) is 0 Å². The number of rotatable bonds is 9. The SMILES string of the molecule is Cc1ccc2cccc(OCc3c(Cl)ccc(N(C)C(=O)CNC(=O)Nc4cccc(C(=O)N5CCN(c6ccccc6)CC5)c4)c3Cl)c2n1. The number of halogens is 2. The molecule has 0 aliphatic carbocycles. The van der Waals surface area contributed by atoms with Crippen LogP contribution in [0.2, 0.25) is 10.0 Å². The second-order valence-electron chi connectivity index (χ2n) is 11.9. The van der Waals surface area contributed by atoms with E-state index in [4.69, 9.17) is 27.9 Å². The van der Waals surface area contributed by atoms with Gasteiger partial charge >= 0.3 is 6.03 Å². The van der Waals surface area contributed by atoms with Gasteiger partial charge < -0.3 is 30.1 Å². The third kappa shape index (κ3) is 7.93. The highest BCUT2D eigenvalue weighted by molar-refractivity contribution is 6.38. The number of aryl methyl sites for hydroxylation is 1. The molecular formula is C38H36Cl2N6O4. The van der Waals surface area contributed by atoms with Crippen molar-refractivity contribution in [1.29, 1.82) is 0 Å². The number of benzene rings is 4. The molecule has 10 nitrogen and oxygen atoms in total. The molecule has 1 fully saturated rings. The van der Waals surface area contributed by atoms with Gasteiger partial charge in [0.1, 0.15) is 17.9 Å². The molecule has 0 saturated carbocycles. The molecular weight excluding hydrogens is 675 g/mol. The van der Waals surface area contributed by atoms with E-state index in [9.17, 15) is 14.4 Å². The Kier molecular flexibility index (Phi) is 10.7. The van der Waals surface area contributed by atoms with E-state index in [1.54, 1.807) is 43.4 Å². The van der Waals surface area contributed by atoms with Crippen LogP contribution < -0.4 is 25.2 Å². The van der Waals surface area contributed by atoms with Gasteiger partial charge in [-0.15, -0.1) is 0 Å². The molecule has 0 unspecified atom stereocenters. The van der Waals surface area contributed by atoms with Gasteiger partial charge in [0, 0.05) is 71.8 Å². The molecule has 1 aliphatic heterocycles. The highest BCUT2D eigenvalue weighted by atomic mass is 35.5. The molecule has 256 valence electrons. The number of para-hydroxylation sites is 2. The van der Waals surface area contributed by atoms with Gasteiger partial charge in [0.25, 0.3) is 5.91 Å². The normalized spacial score (nSPS) is 12.8. The number of piperazine rings is 1. The first-order valence-electron chi connectivity index (χ1n) is 16.1. The summed E-state index contributed by atoms with van der Waals surface area (Å²) >= 11 is 13.3. The lowest BCUT2D eigenvalue weighted by Crippen LogP contribution is -2.48. The number of likely N-dealkylation sites (N-methyl/N-ethyl adjacent to an activating group) is 1. The molecule has 0 spiro atoms. The molecule has 0 atom stereocenters. The molecule has 0 radical (unpaired) electrons. The highest BCUT2D eigenvalue weighted by Gasteiger charge is 2.23. The van der Waals surface area contributed by atoms with Gasteiger partial charge in [-0.1, -0.05) is 65.7 Å². The number of nitrogens with zero attached hydrogens (tertiary/aromatic N) is 4. The number of carbonyl (C=O) groups is 3. The van der Waals surface area contributed by atoms with E-state index in [1.807, 2.05) is 60.4 Å². The number of fused-ring (bicyclic) bond motifs is 1. The summed E-state index contributed by atoms with van der Waals surface area (Å²) in [7, 11) is 1.56.